The molecule has 1 amide bonds. The molecule has 0 N–H and O–H groups in total. The largest absolute Gasteiger partial charge is 0.273 e. The minimum atomic E-state index is -0.452. The molecule has 7 nitrogen and oxygen atoms in total. The Labute approximate surface area is 183 Å². The minimum Gasteiger partial charge on any atom is -0.273 e. The Morgan fingerprint density at radius 3 is 2.26 bits per heavy atom. The molecule has 1 atom stereocenters. The summed E-state index contributed by atoms with van der Waals surface area (Å²) in [7, 11) is 0. The van der Waals surface area contributed by atoms with E-state index in [1.165, 1.54) is 30.1 Å². The van der Waals surface area contributed by atoms with Crippen molar-refractivity contribution >= 4 is 40.4 Å². The van der Waals surface area contributed by atoms with E-state index in [-0.39, 0.29) is 16.8 Å². The van der Waals surface area contributed by atoms with E-state index in [1.807, 2.05) is 60.7 Å². The fraction of sp³-hybridized carbons (Fsp3) is 0.0870. The first-order chi connectivity index (χ1) is 15.1. The van der Waals surface area contributed by atoms with Gasteiger partial charge in [-0.15, -0.1) is 5.10 Å². The summed E-state index contributed by atoms with van der Waals surface area (Å²) in [5.41, 5.74) is 2.51. The number of nitro benzene ring substituents is 1. The summed E-state index contributed by atoms with van der Waals surface area (Å²) in [6.45, 7) is 0. The van der Waals surface area contributed by atoms with E-state index in [1.54, 1.807) is 17.0 Å². The Kier molecular flexibility index (Phi) is 6.18. The van der Waals surface area contributed by atoms with E-state index in [4.69, 9.17) is 0 Å². The van der Waals surface area contributed by atoms with Gasteiger partial charge < -0.3 is 0 Å². The van der Waals surface area contributed by atoms with Crippen molar-refractivity contribution in [1.82, 2.24) is 0 Å². The number of nitro groups is 1. The predicted molar refractivity (Wildman–Crippen MR) is 124 cm³/mol. The number of thioether (sulfide) groups is 1. The van der Waals surface area contributed by atoms with Crippen LogP contribution >= 0.6 is 11.8 Å². The second-order valence-corrected chi connectivity index (χ2v) is 7.95. The highest BCUT2D eigenvalue weighted by Gasteiger charge is 2.39. The third-order valence-corrected chi connectivity index (χ3v) is 5.79. The van der Waals surface area contributed by atoms with Crippen molar-refractivity contribution < 1.29 is 9.72 Å². The van der Waals surface area contributed by atoms with Crippen LogP contribution in [-0.4, -0.2) is 27.5 Å². The van der Waals surface area contributed by atoms with Gasteiger partial charge in [-0.05, 0) is 41.8 Å². The highest BCUT2D eigenvalue weighted by Crippen LogP contribution is 2.33. The molecule has 0 aromatic heterocycles. The Hall–Kier alpha value is -3.78. The number of carbonyl (C=O) groups is 1. The summed E-state index contributed by atoms with van der Waals surface area (Å²) in [6, 6.07) is 25.2. The molecule has 3 aromatic carbocycles. The topological polar surface area (TPSA) is 88.2 Å². The van der Waals surface area contributed by atoms with Gasteiger partial charge in [0.15, 0.2) is 5.17 Å². The zero-order valence-electron chi connectivity index (χ0n) is 16.4. The first-order valence-corrected chi connectivity index (χ1v) is 10.4. The molecular weight excluding hydrogens is 412 g/mol. The molecule has 1 aliphatic heterocycles. The smallest absolute Gasteiger partial charge is 0.269 e. The third-order valence-electron chi connectivity index (χ3n) is 4.67. The van der Waals surface area contributed by atoms with Crippen molar-refractivity contribution in [2.45, 2.75) is 11.7 Å². The molecule has 0 bridgehead atoms. The fourth-order valence-corrected chi connectivity index (χ4v) is 4.27. The number of hydrogen-bond donors (Lipinski definition) is 0. The number of hydrogen-bond acceptors (Lipinski definition) is 6. The maximum atomic E-state index is 13.2. The van der Waals surface area contributed by atoms with Crippen molar-refractivity contribution in [2.75, 3.05) is 4.90 Å². The van der Waals surface area contributed by atoms with Crippen LogP contribution in [0.3, 0.4) is 0 Å². The Morgan fingerprint density at radius 1 is 0.968 bits per heavy atom. The number of carbonyl (C=O) groups excluding carboxylic acids is 1. The summed E-state index contributed by atoms with van der Waals surface area (Å²) in [4.78, 5) is 25.1. The Bertz CT molecular complexity index is 1130. The highest BCUT2D eigenvalue weighted by atomic mass is 32.2. The summed E-state index contributed by atoms with van der Waals surface area (Å²) in [6.07, 6.45) is 2.11. The van der Waals surface area contributed by atoms with E-state index >= 15 is 0 Å². The van der Waals surface area contributed by atoms with Gasteiger partial charge in [-0.1, -0.05) is 60.3 Å². The average Bonchev–Trinajstić information content (AvgIpc) is 3.10. The van der Waals surface area contributed by atoms with Crippen LogP contribution in [0.25, 0.3) is 0 Å². The summed E-state index contributed by atoms with van der Waals surface area (Å²) >= 11 is 1.38. The molecule has 4 rings (SSSR count). The molecule has 1 saturated heterocycles. The second-order valence-electron chi connectivity index (χ2n) is 6.78. The molecule has 0 aliphatic carbocycles. The Balaban J connectivity index is 1.58. The van der Waals surface area contributed by atoms with Gasteiger partial charge in [0.2, 0.25) is 5.91 Å². The number of para-hydroxylation sites is 1. The molecule has 3 aromatic rings. The molecule has 1 aliphatic rings. The maximum Gasteiger partial charge on any atom is 0.269 e. The van der Waals surface area contributed by atoms with E-state index in [9.17, 15) is 14.9 Å². The molecule has 8 heteroatoms. The lowest BCUT2D eigenvalue weighted by Gasteiger charge is -2.15. The normalized spacial score (nSPS) is 17.5. The number of benzene rings is 3. The van der Waals surface area contributed by atoms with Gasteiger partial charge in [0.1, 0.15) is 0 Å². The highest BCUT2D eigenvalue weighted by molar-refractivity contribution is 8.16. The lowest BCUT2D eigenvalue weighted by Crippen LogP contribution is -2.32. The van der Waals surface area contributed by atoms with Gasteiger partial charge in [0.05, 0.1) is 22.1 Å². The maximum absolute atomic E-state index is 13.2. The van der Waals surface area contributed by atoms with Crippen molar-refractivity contribution in [3.8, 4) is 0 Å². The number of nitrogens with zero attached hydrogens (tertiary/aromatic N) is 4. The van der Waals surface area contributed by atoms with Crippen molar-refractivity contribution in [2.24, 2.45) is 10.2 Å². The van der Waals surface area contributed by atoms with Crippen LogP contribution in [0, 0.1) is 10.1 Å². The fourth-order valence-electron chi connectivity index (χ4n) is 3.14. The number of non-ortho nitro benzene ring substituents is 1. The first kappa shape index (κ1) is 20.5. The molecule has 0 spiro atoms. The van der Waals surface area contributed by atoms with E-state index in [0.29, 0.717) is 17.2 Å². The zero-order chi connectivity index (χ0) is 21.6. The van der Waals surface area contributed by atoms with Gasteiger partial charge >= 0.3 is 0 Å². The third kappa shape index (κ3) is 4.87. The van der Waals surface area contributed by atoms with Gasteiger partial charge in [-0.3, -0.25) is 19.8 Å². The van der Waals surface area contributed by atoms with Crippen LogP contribution < -0.4 is 4.90 Å². The van der Waals surface area contributed by atoms with Gasteiger partial charge in [0.25, 0.3) is 5.69 Å². The average molecular weight is 430 g/mol. The van der Waals surface area contributed by atoms with Crippen LogP contribution in [0.4, 0.5) is 11.4 Å². The number of anilines is 1. The second kappa shape index (κ2) is 9.36. The number of rotatable bonds is 6. The minimum absolute atomic E-state index is 0.0133. The molecule has 1 fully saturated rings. The molecule has 31 heavy (non-hydrogen) atoms. The van der Waals surface area contributed by atoms with Crippen LogP contribution in [0.2, 0.25) is 0 Å². The van der Waals surface area contributed by atoms with Crippen LogP contribution in [0.1, 0.15) is 11.1 Å². The van der Waals surface area contributed by atoms with Crippen molar-refractivity contribution in [3.63, 3.8) is 0 Å². The monoisotopic (exact) mass is 430 g/mol. The van der Waals surface area contributed by atoms with Crippen LogP contribution in [-0.2, 0) is 11.2 Å². The van der Waals surface area contributed by atoms with Gasteiger partial charge in [-0.2, -0.15) is 5.10 Å². The number of amides is 1. The summed E-state index contributed by atoms with van der Waals surface area (Å²) in [5, 5.41) is 19.4. The van der Waals surface area contributed by atoms with Crippen LogP contribution in [0.15, 0.2) is 95.1 Å². The lowest BCUT2D eigenvalue weighted by atomic mass is 10.1. The van der Waals surface area contributed by atoms with Crippen molar-refractivity contribution in [3.05, 3.63) is 106 Å². The molecular formula is C23H18N4O3S. The summed E-state index contributed by atoms with van der Waals surface area (Å²) in [5.74, 6) is -0.0376. The van der Waals surface area contributed by atoms with Gasteiger partial charge in [0, 0.05) is 12.1 Å². The molecule has 0 unspecified atom stereocenters. The SMILES string of the molecule is O=C1[C@@H](Cc2ccccc2)S/C(=N\N=C/c2ccc([N+](=O)[O-])cc2)N1c1ccccc1. The Morgan fingerprint density at radius 2 is 1.61 bits per heavy atom. The quantitative estimate of drug-likeness (QED) is 0.323. The standard InChI is InChI=1S/C23H18N4O3S/c28-22-21(15-17-7-3-1-4-8-17)31-23(26(22)19-9-5-2-6-10-19)25-24-16-18-11-13-20(14-12-18)27(29)30/h1-14,16,21H,15H2/b24-16-,25-23-/t21-/m1/s1. The van der Waals surface area contributed by atoms with E-state index in [0.717, 1.165) is 11.3 Å². The number of amidine groups is 1. The first-order valence-electron chi connectivity index (χ1n) is 9.57. The van der Waals surface area contributed by atoms with Gasteiger partial charge in [-0.25, -0.2) is 0 Å². The van der Waals surface area contributed by atoms with E-state index < -0.39 is 4.92 Å². The lowest BCUT2D eigenvalue weighted by molar-refractivity contribution is -0.384. The molecule has 1 heterocycles. The zero-order valence-corrected chi connectivity index (χ0v) is 17.2. The van der Waals surface area contributed by atoms with E-state index in [2.05, 4.69) is 10.2 Å². The molecule has 0 saturated carbocycles. The molecule has 0 radical (unpaired) electrons. The molecule has 154 valence electrons. The predicted octanol–water partition coefficient (Wildman–Crippen LogP) is 4.68. The van der Waals surface area contributed by atoms with Crippen LogP contribution in [0.5, 0.6) is 0 Å². The summed E-state index contributed by atoms with van der Waals surface area (Å²) < 4.78 is 0. The van der Waals surface area contributed by atoms with Crippen molar-refractivity contribution in [1.29, 1.82) is 0 Å².